The molecule has 0 bridgehead atoms. The number of nitrogens with two attached hydrogens (primary N) is 1. The van der Waals surface area contributed by atoms with E-state index in [1.807, 2.05) is 5.32 Å². The molecule has 0 aliphatic heterocycles. The van der Waals surface area contributed by atoms with Crippen molar-refractivity contribution in [3.8, 4) is 5.75 Å². The van der Waals surface area contributed by atoms with Crippen molar-refractivity contribution >= 4 is 23.5 Å². The normalized spacial score (nSPS) is 11.6. The SMILES string of the molecule is C[C@H](Oc1ccc(Cl)cc1)C(=O)NC(N)=O. The van der Waals surface area contributed by atoms with E-state index in [0.29, 0.717) is 10.8 Å². The molecule has 0 saturated heterocycles. The van der Waals surface area contributed by atoms with Crippen molar-refractivity contribution in [2.45, 2.75) is 13.0 Å². The lowest BCUT2D eigenvalue weighted by Crippen LogP contribution is -2.42. The van der Waals surface area contributed by atoms with Crippen LogP contribution in [-0.4, -0.2) is 18.0 Å². The van der Waals surface area contributed by atoms with Gasteiger partial charge in [-0.3, -0.25) is 10.1 Å². The van der Waals surface area contributed by atoms with Gasteiger partial charge in [0, 0.05) is 5.02 Å². The highest BCUT2D eigenvalue weighted by Gasteiger charge is 2.15. The first kappa shape index (κ1) is 12.3. The molecule has 16 heavy (non-hydrogen) atoms. The van der Waals surface area contributed by atoms with E-state index in [9.17, 15) is 9.59 Å². The molecule has 6 heteroatoms. The maximum atomic E-state index is 11.3. The van der Waals surface area contributed by atoms with Crippen molar-refractivity contribution in [3.05, 3.63) is 29.3 Å². The number of carbonyl (C=O) groups excluding carboxylic acids is 2. The van der Waals surface area contributed by atoms with Gasteiger partial charge in [-0.2, -0.15) is 0 Å². The summed E-state index contributed by atoms with van der Waals surface area (Å²) in [5.74, 6) is -0.112. The maximum absolute atomic E-state index is 11.3. The number of halogens is 1. The second-order valence-corrected chi connectivity index (χ2v) is 3.50. The van der Waals surface area contributed by atoms with E-state index >= 15 is 0 Å². The molecule has 0 radical (unpaired) electrons. The van der Waals surface area contributed by atoms with Crippen molar-refractivity contribution in [1.29, 1.82) is 0 Å². The quantitative estimate of drug-likeness (QED) is 0.838. The Bertz CT molecular complexity index is 392. The Morgan fingerprint density at radius 2 is 1.94 bits per heavy atom. The van der Waals surface area contributed by atoms with Gasteiger partial charge in [0.25, 0.3) is 5.91 Å². The maximum Gasteiger partial charge on any atom is 0.318 e. The standard InChI is InChI=1S/C10H11ClN2O3/c1-6(9(14)13-10(12)15)16-8-4-2-7(11)3-5-8/h2-6H,1H3,(H3,12,13,14,15)/t6-/m0/s1. The summed E-state index contributed by atoms with van der Waals surface area (Å²) in [6, 6.07) is 5.61. The predicted octanol–water partition coefficient (Wildman–Crippen LogP) is 1.30. The lowest BCUT2D eigenvalue weighted by atomic mass is 10.3. The van der Waals surface area contributed by atoms with Crippen LogP contribution in [0.25, 0.3) is 0 Å². The smallest absolute Gasteiger partial charge is 0.318 e. The third-order valence-corrected chi connectivity index (χ3v) is 1.99. The molecule has 0 fully saturated rings. The summed E-state index contributed by atoms with van der Waals surface area (Å²) in [4.78, 5) is 21.7. The van der Waals surface area contributed by atoms with E-state index in [4.69, 9.17) is 22.1 Å². The van der Waals surface area contributed by atoms with Crippen LogP contribution in [0.3, 0.4) is 0 Å². The summed E-state index contributed by atoms with van der Waals surface area (Å²) < 4.78 is 5.25. The van der Waals surface area contributed by atoms with Crippen LogP contribution < -0.4 is 15.8 Å². The Kier molecular flexibility index (Phi) is 4.13. The van der Waals surface area contributed by atoms with Crippen molar-refractivity contribution < 1.29 is 14.3 Å². The molecule has 1 rings (SSSR count). The van der Waals surface area contributed by atoms with Crippen LogP contribution in [0.15, 0.2) is 24.3 Å². The first-order chi connectivity index (χ1) is 7.49. The summed E-state index contributed by atoms with van der Waals surface area (Å²) in [6.45, 7) is 1.51. The van der Waals surface area contributed by atoms with Gasteiger partial charge in [-0.1, -0.05) is 11.6 Å². The van der Waals surface area contributed by atoms with Crippen molar-refractivity contribution in [2.75, 3.05) is 0 Å². The summed E-state index contributed by atoms with van der Waals surface area (Å²) in [7, 11) is 0. The molecule has 0 spiro atoms. The molecule has 1 aromatic rings. The summed E-state index contributed by atoms with van der Waals surface area (Å²) in [6.07, 6.45) is -0.811. The first-order valence-electron chi connectivity index (χ1n) is 4.51. The van der Waals surface area contributed by atoms with E-state index in [-0.39, 0.29) is 0 Å². The average molecular weight is 243 g/mol. The Hall–Kier alpha value is -1.75. The number of nitrogens with one attached hydrogen (secondary N) is 1. The molecular weight excluding hydrogens is 232 g/mol. The van der Waals surface area contributed by atoms with E-state index in [1.54, 1.807) is 24.3 Å². The zero-order valence-electron chi connectivity index (χ0n) is 8.57. The number of hydrogen-bond donors (Lipinski definition) is 2. The lowest BCUT2D eigenvalue weighted by Gasteiger charge is -2.13. The summed E-state index contributed by atoms with van der Waals surface area (Å²) >= 11 is 5.68. The molecule has 0 aliphatic rings. The largest absolute Gasteiger partial charge is 0.481 e. The number of hydrogen-bond acceptors (Lipinski definition) is 3. The number of ether oxygens (including phenoxy) is 1. The van der Waals surface area contributed by atoms with Gasteiger partial charge in [-0.05, 0) is 31.2 Å². The van der Waals surface area contributed by atoms with Gasteiger partial charge in [-0.25, -0.2) is 4.79 Å². The zero-order valence-corrected chi connectivity index (χ0v) is 9.32. The molecule has 3 amide bonds. The second-order valence-electron chi connectivity index (χ2n) is 3.07. The fourth-order valence-electron chi connectivity index (χ4n) is 0.994. The van der Waals surface area contributed by atoms with E-state index in [1.165, 1.54) is 6.92 Å². The topological polar surface area (TPSA) is 81.4 Å². The Labute approximate surface area is 97.5 Å². The molecule has 0 saturated carbocycles. The van der Waals surface area contributed by atoms with Gasteiger partial charge < -0.3 is 10.5 Å². The van der Waals surface area contributed by atoms with E-state index in [0.717, 1.165) is 0 Å². The predicted molar refractivity (Wildman–Crippen MR) is 59.3 cm³/mol. The minimum Gasteiger partial charge on any atom is -0.481 e. The Morgan fingerprint density at radius 1 is 1.38 bits per heavy atom. The number of rotatable bonds is 3. The van der Waals surface area contributed by atoms with E-state index < -0.39 is 18.0 Å². The molecule has 1 aromatic carbocycles. The molecule has 0 aromatic heterocycles. The summed E-state index contributed by atoms with van der Waals surface area (Å²) in [5.41, 5.74) is 4.80. The third-order valence-electron chi connectivity index (χ3n) is 1.74. The minimum atomic E-state index is -0.906. The highest BCUT2D eigenvalue weighted by atomic mass is 35.5. The van der Waals surface area contributed by atoms with Gasteiger partial charge in [-0.15, -0.1) is 0 Å². The van der Waals surface area contributed by atoms with Crippen LogP contribution in [0, 0.1) is 0 Å². The van der Waals surface area contributed by atoms with Gasteiger partial charge in [0.15, 0.2) is 6.10 Å². The number of benzene rings is 1. The molecule has 0 unspecified atom stereocenters. The molecule has 3 N–H and O–H groups in total. The molecule has 5 nitrogen and oxygen atoms in total. The van der Waals surface area contributed by atoms with Gasteiger partial charge in [0.05, 0.1) is 0 Å². The van der Waals surface area contributed by atoms with E-state index in [2.05, 4.69) is 0 Å². The van der Waals surface area contributed by atoms with Crippen LogP contribution in [-0.2, 0) is 4.79 Å². The monoisotopic (exact) mass is 242 g/mol. The number of imide groups is 1. The minimum absolute atomic E-state index is 0.483. The molecule has 1 atom stereocenters. The second kappa shape index (κ2) is 5.37. The highest BCUT2D eigenvalue weighted by molar-refractivity contribution is 6.30. The van der Waals surface area contributed by atoms with Crippen molar-refractivity contribution in [1.82, 2.24) is 5.32 Å². The number of primary amides is 1. The molecule has 0 aliphatic carbocycles. The number of amides is 3. The fraction of sp³-hybridized carbons (Fsp3) is 0.200. The third kappa shape index (κ3) is 3.78. The van der Waals surface area contributed by atoms with Crippen LogP contribution in [0.1, 0.15) is 6.92 Å². The van der Waals surface area contributed by atoms with Crippen LogP contribution in [0.2, 0.25) is 5.02 Å². The van der Waals surface area contributed by atoms with Gasteiger partial charge >= 0.3 is 6.03 Å². The zero-order chi connectivity index (χ0) is 12.1. The van der Waals surface area contributed by atoms with Crippen LogP contribution in [0.5, 0.6) is 5.75 Å². The molecule has 86 valence electrons. The van der Waals surface area contributed by atoms with Gasteiger partial charge in [0.2, 0.25) is 0 Å². The van der Waals surface area contributed by atoms with Crippen molar-refractivity contribution in [2.24, 2.45) is 5.73 Å². The van der Waals surface area contributed by atoms with Crippen LogP contribution in [0.4, 0.5) is 4.79 Å². The van der Waals surface area contributed by atoms with Crippen LogP contribution >= 0.6 is 11.6 Å². The molecular formula is C10H11ClN2O3. The van der Waals surface area contributed by atoms with Gasteiger partial charge in [0.1, 0.15) is 5.75 Å². The number of carbonyl (C=O) groups is 2. The average Bonchev–Trinajstić information content (AvgIpc) is 2.20. The Balaban J connectivity index is 2.57. The molecule has 0 heterocycles. The highest BCUT2D eigenvalue weighted by Crippen LogP contribution is 2.16. The summed E-state index contributed by atoms with van der Waals surface area (Å²) in [5, 5.41) is 2.49. The Morgan fingerprint density at radius 3 is 2.44 bits per heavy atom. The first-order valence-corrected chi connectivity index (χ1v) is 4.89. The lowest BCUT2D eigenvalue weighted by molar-refractivity contribution is -0.126. The number of urea groups is 1. The van der Waals surface area contributed by atoms with Crippen molar-refractivity contribution in [3.63, 3.8) is 0 Å². The fourth-order valence-corrected chi connectivity index (χ4v) is 1.12.